The first-order valence-corrected chi connectivity index (χ1v) is 10.3. The summed E-state index contributed by atoms with van der Waals surface area (Å²) in [7, 11) is 0. The maximum Gasteiger partial charge on any atom is 0.226 e. The fourth-order valence-electron chi connectivity index (χ4n) is 6.43. The van der Waals surface area contributed by atoms with Crippen LogP contribution in [0.4, 0.5) is 0 Å². The van der Waals surface area contributed by atoms with Crippen LogP contribution in [0.25, 0.3) is 0 Å². The molecular formula is C20H31N3O3. The Morgan fingerprint density at radius 3 is 2.00 bits per heavy atom. The van der Waals surface area contributed by atoms with Gasteiger partial charge in [-0.15, -0.1) is 0 Å². The van der Waals surface area contributed by atoms with Gasteiger partial charge in [0, 0.05) is 37.4 Å². The number of hydrogen-bond donors (Lipinski definition) is 2. The molecule has 5 fully saturated rings. The molecule has 4 bridgehead atoms. The van der Waals surface area contributed by atoms with Gasteiger partial charge in [-0.2, -0.15) is 0 Å². The van der Waals surface area contributed by atoms with Gasteiger partial charge < -0.3 is 16.0 Å². The predicted molar refractivity (Wildman–Crippen MR) is 96.7 cm³/mol. The van der Waals surface area contributed by atoms with Gasteiger partial charge in [0.15, 0.2) is 0 Å². The highest BCUT2D eigenvalue weighted by Crippen LogP contribution is 2.60. The van der Waals surface area contributed by atoms with Crippen molar-refractivity contribution in [3.05, 3.63) is 0 Å². The second-order valence-corrected chi connectivity index (χ2v) is 9.26. The van der Waals surface area contributed by atoms with Gasteiger partial charge in [0.1, 0.15) is 0 Å². The number of nitrogens with two attached hydrogens (primary N) is 1. The summed E-state index contributed by atoms with van der Waals surface area (Å²) in [5.74, 6) is 2.14. The number of carbonyl (C=O) groups excluding carboxylic acids is 3. The predicted octanol–water partition coefficient (Wildman–Crippen LogP) is 1.43. The second kappa shape index (κ2) is 6.86. The van der Waals surface area contributed by atoms with E-state index in [1.165, 1.54) is 19.3 Å². The quantitative estimate of drug-likeness (QED) is 0.776. The van der Waals surface area contributed by atoms with Crippen molar-refractivity contribution in [2.45, 2.75) is 57.8 Å². The Balaban J connectivity index is 1.23. The number of carbonyl (C=O) groups is 3. The first kappa shape index (κ1) is 17.8. The normalized spacial score (nSPS) is 36.2. The zero-order chi connectivity index (χ0) is 18.3. The molecule has 0 radical (unpaired) electrons. The summed E-state index contributed by atoms with van der Waals surface area (Å²) in [6.07, 6.45) is 8.80. The molecule has 3 amide bonds. The van der Waals surface area contributed by atoms with Crippen molar-refractivity contribution in [3.8, 4) is 0 Å². The largest absolute Gasteiger partial charge is 0.369 e. The number of likely N-dealkylation sites (tertiary alicyclic amines) is 1. The van der Waals surface area contributed by atoms with Crippen LogP contribution in [-0.4, -0.2) is 42.3 Å². The van der Waals surface area contributed by atoms with E-state index in [9.17, 15) is 14.4 Å². The topological polar surface area (TPSA) is 92.5 Å². The third kappa shape index (κ3) is 3.35. The lowest BCUT2D eigenvalue weighted by Crippen LogP contribution is -2.54. The molecule has 6 heteroatoms. The van der Waals surface area contributed by atoms with Crippen molar-refractivity contribution in [2.75, 3.05) is 19.6 Å². The Kier molecular flexibility index (Phi) is 4.70. The summed E-state index contributed by atoms with van der Waals surface area (Å²) >= 11 is 0. The molecule has 144 valence electrons. The van der Waals surface area contributed by atoms with Gasteiger partial charge >= 0.3 is 0 Å². The molecule has 5 aliphatic rings. The van der Waals surface area contributed by atoms with E-state index in [1.54, 1.807) is 4.90 Å². The zero-order valence-corrected chi connectivity index (χ0v) is 15.5. The average Bonchev–Trinajstić information content (AvgIpc) is 2.60. The van der Waals surface area contributed by atoms with Crippen LogP contribution in [0, 0.1) is 29.1 Å². The number of amides is 3. The van der Waals surface area contributed by atoms with E-state index >= 15 is 0 Å². The molecule has 26 heavy (non-hydrogen) atoms. The molecule has 4 saturated carbocycles. The van der Waals surface area contributed by atoms with Crippen molar-refractivity contribution in [2.24, 2.45) is 34.8 Å². The highest BCUT2D eigenvalue weighted by atomic mass is 16.2. The Bertz CT molecular complexity index is 560. The highest BCUT2D eigenvalue weighted by Gasteiger charge is 2.54. The summed E-state index contributed by atoms with van der Waals surface area (Å²) < 4.78 is 0. The van der Waals surface area contributed by atoms with E-state index in [0.29, 0.717) is 38.9 Å². The third-order valence-corrected chi connectivity index (χ3v) is 7.39. The highest BCUT2D eigenvalue weighted by molar-refractivity contribution is 5.84. The molecule has 5 rings (SSSR count). The second-order valence-electron chi connectivity index (χ2n) is 9.26. The fraction of sp³-hybridized carbons (Fsp3) is 0.850. The van der Waals surface area contributed by atoms with Crippen LogP contribution >= 0.6 is 0 Å². The minimum Gasteiger partial charge on any atom is -0.369 e. The van der Waals surface area contributed by atoms with Crippen LogP contribution < -0.4 is 11.1 Å². The van der Waals surface area contributed by atoms with Crippen LogP contribution in [0.2, 0.25) is 0 Å². The summed E-state index contributed by atoms with van der Waals surface area (Å²) in [5.41, 5.74) is 5.19. The number of hydrogen-bond acceptors (Lipinski definition) is 3. The van der Waals surface area contributed by atoms with Crippen LogP contribution in [0.3, 0.4) is 0 Å². The van der Waals surface area contributed by atoms with Gasteiger partial charge in [-0.3, -0.25) is 14.4 Å². The molecule has 0 aromatic carbocycles. The molecule has 0 unspecified atom stereocenters. The molecule has 0 aromatic heterocycles. The van der Waals surface area contributed by atoms with Crippen molar-refractivity contribution in [3.63, 3.8) is 0 Å². The maximum absolute atomic E-state index is 12.9. The zero-order valence-electron chi connectivity index (χ0n) is 15.5. The lowest BCUT2D eigenvalue weighted by molar-refractivity contribution is -0.146. The van der Waals surface area contributed by atoms with Crippen LogP contribution in [0.15, 0.2) is 0 Å². The summed E-state index contributed by atoms with van der Waals surface area (Å²) in [5, 5.41) is 3.08. The molecule has 3 N–H and O–H groups in total. The molecule has 6 nitrogen and oxygen atoms in total. The van der Waals surface area contributed by atoms with E-state index in [1.807, 2.05) is 0 Å². The van der Waals surface area contributed by atoms with Crippen LogP contribution in [-0.2, 0) is 14.4 Å². The Hall–Kier alpha value is -1.59. The van der Waals surface area contributed by atoms with Crippen molar-refractivity contribution in [1.29, 1.82) is 0 Å². The monoisotopic (exact) mass is 361 g/mol. The molecule has 0 atom stereocenters. The molecular weight excluding hydrogens is 330 g/mol. The standard InChI is InChI=1S/C20H31N3O3/c21-18(25)16-2-5-23(6-3-16)17(24)1-4-22-19(26)20-10-13-7-14(11-20)9-15(8-13)12-20/h13-16H,1-12H2,(H2,21,25)(H,22,26). The van der Waals surface area contributed by atoms with Gasteiger partial charge in [-0.1, -0.05) is 0 Å². The van der Waals surface area contributed by atoms with E-state index in [-0.39, 0.29) is 29.1 Å². The summed E-state index contributed by atoms with van der Waals surface area (Å²) in [6.45, 7) is 1.61. The molecule has 1 saturated heterocycles. The van der Waals surface area contributed by atoms with Gasteiger partial charge in [-0.05, 0) is 69.1 Å². The first-order valence-electron chi connectivity index (χ1n) is 10.3. The lowest BCUT2D eigenvalue weighted by Gasteiger charge is -2.55. The van der Waals surface area contributed by atoms with Gasteiger partial charge in [-0.25, -0.2) is 0 Å². The summed E-state index contributed by atoms with van der Waals surface area (Å²) in [6, 6.07) is 0. The number of nitrogens with zero attached hydrogens (tertiary/aromatic N) is 1. The molecule has 0 aromatic rings. The Labute approximate surface area is 155 Å². The number of rotatable bonds is 5. The van der Waals surface area contributed by atoms with E-state index in [2.05, 4.69) is 5.32 Å². The maximum atomic E-state index is 12.9. The number of nitrogens with one attached hydrogen (secondary N) is 1. The molecule has 1 heterocycles. The first-order chi connectivity index (χ1) is 12.4. The smallest absolute Gasteiger partial charge is 0.226 e. The van der Waals surface area contributed by atoms with E-state index in [4.69, 9.17) is 5.73 Å². The molecule has 1 aliphatic heterocycles. The lowest BCUT2D eigenvalue weighted by atomic mass is 9.49. The van der Waals surface area contributed by atoms with E-state index in [0.717, 1.165) is 37.0 Å². The van der Waals surface area contributed by atoms with Crippen molar-refractivity contribution in [1.82, 2.24) is 10.2 Å². The van der Waals surface area contributed by atoms with Gasteiger partial charge in [0.25, 0.3) is 0 Å². The van der Waals surface area contributed by atoms with Crippen LogP contribution in [0.1, 0.15) is 57.8 Å². The Morgan fingerprint density at radius 2 is 1.50 bits per heavy atom. The number of piperidine rings is 1. The van der Waals surface area contributed by atoms with E-state index < -0.39 is 0 Å². The molecule has 0 spiro atoms. The molecule has 4 aliphatic carbocycles. The Morgan fingerprint density at radius 1 is 0.962 bits per heavy atom. The average molecular weight is 361 g/mol. The SMILES string of the molecule is NC(=O)C1CCN(C(=O)CCNC(=O)C23CC4CC(CC(C4)C2)C3)CC1. The minimum absolute atomic E-state index is 0.0683. The van der Waals surface area contributed by atoms with Gasteiger partial charge in [0.2, 0.25) is 17.7 Å². The van der Waals surface area contributed by atoms with Crippen molar-refractivity contribution >= 4 is 17.7 Å². The van der Waals surface area contributed by atoms with Gasteiger partial charge in [0.05, 0.1) is 0 Å². The van der Waals surface area contributed by atoms with Crippen LogP contribution in [0.5, 0.6) is 0 Å². The number of primary amides is 1. The minimum atomic E-state index is -0.264. The van der Waals surface area contributed by atoms with Crippen molar-refractivity contribution < 1.29 is 14.4 Å². The third-order valence-electron chi connectivity index (χ3n) is 7.39. The fourth-order valence-corrected chi connectivity index (χ4v) is 6.43. The summed E-state index contributed by atoms with van der Waals surface area (Å²) in [4.78, 5) is 38.3.